The molecule has 0 atom stereocenters. The fourth-order valence-electron chi connectivity index (χ4n) is 2.28. The number of aromatic hydroxyl groups is 1. The first-order valence-corrected chi connectivity index (χ1v) is 6.16. The van der Waals surface area contributed by atoms with Crippen molar-refractivity contribution in [2.45, 2.75) is 32.7 Å². The third kappa shape index (κ3) is 2.15. The molecule has 0 saturated heterocycles. The Kier molecular flexibility index (Phi) is 3.38. The van der Waals surface area contributed by atoms with Gasteiger partial charge in [-0.15, -0.1) is 0 Å². The van der Waals surface area contributed by atoms with E-state index in [0.29, 0.717) is 18.3 Å². The van der Waals surface area contributed by atoms with E-state index in [4.69, 9.17) is 5.73 Å². The van der Waals surface area contributed by atoms with Crippen molar-refractivity contribution in [3.63, 3.8) is 0 Å². The molecule has 0 aliphatic carbocycles. The van der Waals surface area contributed by atoms with Crippen LogP contribution in [0.1, 0.15) is 31.9 Å². The molecular formula is C14H20N2O. The van der Waals surface area contributed by atoms with Gasteiger partial charge in [-0.25, -0.2) is 0 Å². The van der Waals surface area contributed by atoms with E-state index < -0.39 is 0 Å². The lowest BCUT2D eigenvalue weighted by Gasteiger charge is -2.08. The Bertz CT molecular complexity index is 514. The molecule has 3 heteroatoms. The Morgan fingerprint density at radius 1 is 1.35 bits per heavy atom. The summed E-state index contributed by atoms with van der Waals surface area (Å²) < 4.78 is 2.21. The molecule has 0 unspecified atom stereocenters. The van der Waals surface area contributed by atoms with Crippen LogP contribution < -0.4 is 5.73 Å². The number of hydrogen-bond acceptors (Lipinski definition) is 2. The van der Waals surface area contributed by atoms with Crippen molar-refractivity contribution in [1.29, 1.82) is 0 Å². The normalized spacial score (nSPS) is 11.5. The van der Waals surface area contributed by atoms with E-state index in [1.165, 1.54) is 5.56 Å². The van der Waals surface area contributed by atoms with Crippen LogP contribution in [0, 0.1) is 0 Å². The molecule has 2 rings (SSSR count). The van der Waals surface area contributed by atoms with Gasteiger partial charge in [0, 0.05) is 17.6 Å². The van der Waals surface area contributed by atoms with Crippen molar-refractivity contribution in [2.24, 2.45) is 5.73 Å². The summed E-state index contributed by atoms with van der Waals surface area (Å²) in [5, 5.41) is 11.0. The largest absolute Gasteiger partial charge is 0.507 e. The average molecular weight is 232 g/mol. The van der Waals surface area contributed by atoms with Crippen molar-refractivity contribution in [3.8, 4) is 5.75 Å². The summed E-state index contributed by atoms with van der Waals surface area (Å²) in [7, 11) is 0. The van der Waals surface area contributed by atoms with Crippen LogP contribution in [0.2, 0.25) is 0 Å². The fourth-order valence-corrected chi connectivity index (χ4v) is 2.28. The monoisotopic (exact) mass is 232 g/mol. The summed E-state index contributed by atoms with van der Waals surface area (Å²) in [6.07, 6.45) is 4.01. The van der Waals surface area contributed by atoms with Gasteiger partial charge in [0.05, 0.1) is 5.52 Å². The number of fused-ring (bicyclic) bond motifs is 1. The zero-order valence-electron chi connectivity index (χ0n) is 10.5. The maximum Gasteiger partial charge on any atom is 0.125 e. The number of aromatic nitrogens is 1. The summed E-state index contributed by atoms with van der Waals surface area (Å²) in [5.74, 6) is 0.369. The first-order valence-electron chi connectivity index (χ1n) is 6.16. The molecule has 0 fully saturated rings. The van der Waals surface area contributed by atoms with E-state index >= 15 is 0 Å². The Hall–Kier alpha value is -1.48. The van der Waals surface area contributed by atoms with Crippen LogP contribution in [0.15, 0.2) is 24.4 Å². The van der Waals surface area contributed by atoms with Crippen LogP contribution in [-0.2, 0) is 6.42 Å². The minimum Gasteiger partial charge on any atom is -0.507 e. The van der Waals surface area contributed by atoms with Gasteiger partial charge in [0.25, 0.3) is 0 Å². The smallest absolute Gasteiger partial charge is 0.125 e. The molecule has 1 aromatic heterocycles. The molecule has 0 radical (unpaired) electrons. The highest BCUT2D eigenvalue weighted by molar-refractivity contribution is 5.89. The van der Waals surface area contributed by atoms with E-state index in [-0.39, 0.29) is 0 Å². The predicted octanol–water partition coefficient (Wildman–Crippen LogP) is 2.82. The van der Waals surface area contributed by atoms with Crippen molar-refractivity contribution in [3.05, 3.63) is 30.0 Å². The fraction of sp³-hybridized carbons (Fsp3) is 0.429. The molecule has 92 valence electrons. The van der Waals surface area contributed by atoms with Crippen LogP contribution in [0.25, 0.3) is 10.9 Å². The minimum absolute atomic E-state index is 0.369. The van der Waals surface area contributed by atoms with Crippen molar-refractivity contribution < 1.29 is 5.11 Å². The number of aryl methyl sites for hydroxylation is 1. The zero-order valence-corrected chi connectivity index (χ0v) is 10.5. The summed E-state index contributed by atoms with van der Waals surface area (Å²) in [6.45, 7) is 4.98. The number of phenolic OH excluding ortho intramolecular Hbond substituents is 1. The minimum atomic E-state index is 0.369. The molecule has 0 aliphatic heterocycles. The van der Waals surface area contributed by atoms with Gasteiger partial charge in [0.15, 0.2) is 0 Å². The quantitative estimate of drug-likeness (QED) is 0.851. The number of rotatable bonds is 4. The van der Waals surface area contributed by atoms with Gasteiger partial charge in [-0.05, 0) is 50.9 Å². The molecular weight excluding hydrogens is 212 g/mol. The topological polar surface area (TPSA) is 51.2 Å². The van der Waals surface area contributed by atoms with E-state index in [1.807, 2.05) is 6.07 Å². The van der Waals surface area contributed by atoms with Crippen LogP contribution in [0.4, 0.5) is 0 Å². The zero-order chi connectivity index (χ0) is 12.4. The molecule has 3 N–H and O–H groups in total. The second-order valence-electron chi connectivity index (χ2n) is 4.72. The summed E-state index contributed by atoms with van der Waals surface area (Å²) in [5.41, 5.74) is 7.85. The number of nitrogens with zero attached hydrogens (tertiary/aromatic N) is 1. The van der Waals surface area contributed by atoms with Crippen molar-refractivity contribution >= 4 is 10.9 Å². The van der Waals surface area contributed by atoms with Crippen LogP contribution in [0.5, 0.6) is 5.75 Å². The number of nitrogens with two attached hydrogens (primary N) is 1. The second-order valence-corrected chi connectivity index (χ2v) is 4.72. The van der Waals surface area contributed by atoms with Crippen LogP contribution in [-0.4, -0.2) is 16.2 Å². The molecule has 1 aromatic carbocycles. The molecule has 2 aromatic rings. The Labute approximate surface area is 102 Å². The highest BCUT2D eigenvalue weighted by Gasteiger charge is 2.12. The van der Waals surface area contributed by atoms with Crippen molar-refractivity contribution in [1.82, 2.24) is 4.57 Å². The third-order valence-electron chi connectivity index (χ3n) is 3.12. The first-order chi connectivity index (χ1) is 8.15. The predicted molar refractivity (Wildman–Crippen MR) is 71.4 cm³/mol. The van der Waals surface area contributed by atoms with Gasteiger partial charge in [0.2, 0.25) is 0 Å². The molecule has 0 spiro atoms. The lowest BCUT2D eigenvalue weighted by atomic mass is 10.1. The van der Waals surface area contributed by atoms with Crippen molar-refractivity contribution in [2.75, 3.05) is 6.54 Å². The standard InChI is InChI=1S/C14H20N2O/c1-10(2)16-9-11(5-4-8-15)14-12(16)6-3-7-13(14)17/h3,6-7,9-10,17H,4-5,8,15H2,1-2H3. The highest BCUT2D eigenvalue weighted by Crippen LogP contribution is 2.32. The Morgan fingerprint density at radius 2 is 2.12 bits per heavy atom. The summed E-state index contributed by atoms with van der Waals surface area (Å²) in [4.78, 5) is 0. The van der Waals surface area contributed by atoms with Crippen LogP contribution >= 0.6 is 0 Å². The summed E-state index contributed by atoms with van der Waals surface area (Å²) in [6, 6.07) is 6.09. The van der Waals surface area contributed by atoms with Gasteiger partial charge in [-0.3, -0.25) is 0 Å². The SMILES string of the molecule is CC(C)n1cc(CCCN)c2c(O)cccc21. The lowest BCUT2D eigenvalue weighted by molar-refractivity contribution is 0.481. The van der Waals surface area contributed by atoms with E-state index in [9.17, 15) is 5.11 Å². The number of phenols is 1. The molecule has 17 heavy (non-hydrogen) atoms. The maximum atomic E-state index is 10.0. The average Bonchev–Trinajstić information content (AvgIpc) is 2.67. The number of benzene rings is 1. The molecule has 0 aliphatic rings. The number of hydrogen-bond donors (Lipinski definition) is 2. The summed E-state index contributed by atoms with van der Waals surface area (Å²) >= 11 is 0. The van der Waals surface area contributed by atoms with Gasteiger partial charge in [-0.2, -0.15) is 0 Å². The van der Waals surface area contributed by atoms with Gasteiger partial charge in [0.1, 0.15) is 5.75 Å². The van der Waals surface area contributed by atoms with E-state index in [1.54, 1.807) is 6.07 Å². The molecule has 3 nitrogen and oxygen atoms in total. The second kappa shape index (κ2) is 4.80. The Balaban J connectivity index is 2.59. The van der Waals surface area contributed by atoms with Crippen LogP contribution in [0.3, 0.4) is 0 Å². The van der Waals surface area contributed by atoms with E-state index in [2.05, 4.69) is 30.7 Å². The molecule has 0 bridgehead atoms. The highest BCUT2D eigenvalue weighted by atomic mass is 16.3. The van der Waals surface area contributed by atoms with Gasteiger partial charge >= 0.3 is 0 Å². The van der Waals surface area contributed by atoms with Gasteiger partial charge < -0.3 is 15.4 Å². The first kappa shape index (κ1) is 12.0. The van der Waals surface area contributed by atoms with E-state index in [0.717, 1.165) is 23.7 Å². The molecule has 1 heterocycles. The van der Waals surface area contributed by atoms with Gasteiger partial charge in [-0.1, -0.05) is 6.07 Å². The maximum absolute atomic E-state index is 10.0. The third-order valence-corrected chi connectivity index (χ3v) is 3.12. The molecule has 0 saturated carbocycles. The molecule has 0 amide bonds. The lowest BCUT2D eigenvalue weighted by Crippen LogP contribution is -2.00. The Morgan fingerprint density at radius 3 is 2.76 bits per heavy atom.